The zero-order valence-corrected chi connectivity index (χ0v) is 13.3. The van der Waals surface area contributed by atoms with Gasteiger partial charge in [0.25, 0.3) is 0 Å². The molecule has 0 radical (unpaired) electrons. The monoisotopic (exact) mass is 283 g/mol. The largest absolute Gasteiger partial charge is 0.516 e. The van der Waals surface area contributed by atoms with Gasteiger partial charge < -0.3 is 24.5 Å². The summed E-state index contributed by atoms with van der Waals surface area (Å²) in [6.45, 7) is 9.14. The number of hydrogen-bond acceptors (Lipinski definition) is 4. The van der Waals surface area contributed by atoms with Crippen LogP contribution < -0.4 is 0 Å². The summed E-state index contributed by atoms with van der Waals surface area (Å²) >= 11 is 10.4. The summed E-state index contributed by atoms with van der Waals surface area (Å²) in [7, 11) is 0. The van der Waals surface area contributed by atoms with Gasteiger partial charge in [0.1, 0.15) is 0 Å². The van der Waals surface area contributed by atoms with Crippen molar-refractivity contribution in [1.82, 2.24) is 0 Å². The molecule has 0 amide bonds. The minimum Gasteiger partial charge on any atom is -0.516 e. The van der Waals surface area contributed by atoms with Gasteiger partial charge in [-0.1, -0.05) is 33.6 Å². The summed E-state index contributed by atoms with van der Waals surface area (Å²) in [5.41, 5.74) is 0. The van der Waals surface area contributed by atoms with Crippen LogP contribution in [0.3, 0.4) is 0 Å². The van der Waals surface area contributed by atoms with Crippen molar-refractivity contribution in [2.75, 3.05) is 6.61 Å². The molecule has 0 aliphatic heterocycles. The zero-order valence-electron chi connectivity index (χ0n) is 10.8. The fourth-order valence-corrected chi connectivity index (χ4v) is 3.76. The fourth-order valence-electron chi connectivity index (χ4n) is 1.49. The molecular formula is C11H24O2PS2-. The van der Waals surface area contributed by atoms with Crippen LogP contribution in [0.15, 0.2) is 0 Å². The standard InChI is InChI=1S/C11H25O2PS2/c1-5-6-7-8-12-14(15,16)13-11(4)9-10(2)3/h10-11H,5-9H2,1-4H3,(H,15,16)/p-1. The van der Waals surface area contributed by atoms with Gasteiger partial charge in [0.2, 0.25) is 0 Å². The molecule has 0 spiro atoms. The van der Waals surface area contributed by atoms with Crippen LogP contribution >= 0.6 is 6.12 Å². The molecule has 5 heteroatoms. The first-order valence-electron chi connectivity index (χ1n) is 6.01. The first kappa shape index (κ1) is 17.1. The molecule has 0 aromatic rings. The van der Waals surface area contributed by atoms with Crippen LogP contribution in [0.1, 0.15) is 53.4 Å². The third-order valence-corrected chi connectivity index (χ3v) is 4.38. The molecule has 1 atom stereocenters. The highest BCUT2D eigenvalue weighted by Gasteiger charge is 2.16. The number of hydrogen-bond donors (Lipinski definition) is 0. The quantitative estimate of drug-likeness (QED) is 0.354. The second-order valence-corrected chi connectivity index (χ2v) is 9.47. The Hall–Kier alpha value is 1.05. The normalized spacial score (nSPS) is 14.4. The number of rotatable bonds is 9. The third-order valence-electron chi connectivity index (χ3n) is 2.11. The SMILES string of the molecule is CCCCCO[P+]([S-])([S-])OC(C)CC(C)C. The molecule has 0 aromatic carbocycles. The van der Waals surface area contributed by atoms with Gasteiger partial charge in [0, 0.05) is 6.12 Å². The fraction of sp³-hybridized carbons (Fsp3) is 1.00. The van der Waals surface area contributed by atoms with E-state index in [0.29, 0.717) is 12.5 Å². The molecule has 0 aliphatic rings. The van der Waals surface area contributed by atoms with Crippen molar-refractivity contribution in [3.05, 3.63) is 0 Å². The Labute approximate surface area is 112 Å². The van der Waals surface area contributed by atoms with E-state index in [2.05, 4.69) is 20.8 Å². The Morgan fingerprint density at radius 2 is 1.75 bits per heavy atom. The van der Waals surface area contributed by atoms with Crippen LogP contribution in [0.4, 0.5) is 0 Å². The molecule has 0 saturated heterocycles. The van der Waals surface area contributed by atoms with Gasteiger partial charge in [-0.05, 0) is 25.7 Å². The first-order valence-corrected chi connectivity index (χ1v) is 9.66. The molecule has 1 unspecified atom stereocenters. The van der Waals surface area contributed by atoms with Crippen molar-refractivity contribution in [2.45, 2.75) is 59.5 Å². The molecule has 98 valence electrons. The van der Waals surface area contributed by atoms with Gasteiger partial charge in [-0.2, -0.15) is 0 Å². The molecule has 0 fully saturated rings. The summed E-state index contributed by atoms with van der Waals surface area (Å²) in [5, 5.41) is 0. The van der Waals surface area contributed by atoms with Gasteiger partial charge >= 0.3 is 0 Å². The van der Waals surface area contributed by atoms with Crippen molar-refractivity contribution in [3.8, 4) is 0 Å². The Balaban J connectivity index is 3.75. The molecule has 0 heterocycles. The second kappa shape index (κ2) is 9.04. The predicted molar refractivity (Wildman–Crippen MR) is 77.1 cm³/mol. The van der Waals surface area contributed by atoms with Crippen molar-refractivity contribution in [2.24, 2.45) is 5.92 Å². The topological polar surface area (TPSA) is 18.5 Å². The third kappa shape index (κ3) is 10.2. The summed E-state index contributed by atoms with van der Waals surface area (Å²) in [4.78, 5) is 0. The van der Waals surface area contributed by atoms with Gasteiger partial charge in [-0.25, -0.2) is 4.52 Å². The van der Waals surface area contributed by atoms with E-state index in [4.69, 9.17) is 33.5 Å². The molecule has 0 saturated carbocycles. The summed E-state index contributed by atoms with van der Waals surface area (Å²) in [6, 6.07) is 0. The average Bonchev–Trinajstić information content (AvgIpc) is 2.10. The second-order valence-electron chi connectivity index (χ2n) is 4.53. The minimum absolute atomic E-state index is 0.106. The maximum absolute atomic E-state index is 5.65. The van der Waals surface area contributed by atoms with E-state index in [0.717, 1.165) is 19.3 Å². The van der Waals surface area contributed by atoms with E-state index >= 15 is 0 Å². The summed E-state index contributed by atoms with van der Waals surface area (Å²) in [5.74, 6) is 0.597. The van der Waals surface area contributed by atoms with E-state index in [1.54, 1.807) is 0 Å². The van der Waals surface area contributed by atoms with Crippen LogP contribution in [0, 0.1) is 5.92 Å². The van der Waals surface area contributed by atoms with Crippen molar-refractivity contribution >= 4 is 30.6 Å². The average molecular weight is 283 g/mol. The van der Waals surface area contributed by atoms with Crippen molar-refractivity contribution < 1.29 is 9.05 Å². The van der Waals surface area contributed by atoms with E-state index < -0.39 is 6.12 Å². The van der Waals surface area contributed by atoms with Gasteiger partial charge in [-0.15, -0.1) is 0 Å². The maximum Gasteiger partial charge on any atom is 0.0973 e. The highest BCUT2D eigenvalue weighted by Crippen LogP contribution is 2.58. The minimum atomic E-state index is -2.43. The Bertz CT molecular complexity index is 177. The van der Waals surface area contributed by atoms with Gasteiger partial charge in [-0.3, -0.25) is 4.52 Å². The molecule has 0 N–H and O–H groups in total. The number of unbranched alkanes of at least 4 members (excludes halogenated alkanes) is 2. The van der Waals surface area contributed by atoms with Gasteiger partial charge in [0.05, 0.1) is 12.7 Å². The zero-order chi connectivity index (χ0) is 12.6. The van der Waals surface area contributed by atoms with Crippen LogP contribution in [0.25, 0.3) is 0 Å². The molecule has 0 aromatic heterocycles. The highest BCUT2D eigenvalue weighted by atomic mass is 33.1. The van der Waals surface area contributed by atoms with E-state index in [1.807, 2.05) is 6.92 Å². The molecule has 0 rings (SSSR count). The Kier molecular flexibility index (Phi) is 9.64. The van der Waals surface area contributed by atoms with Crippen LogP contribution in [0.5, 0.6) is 0 Å². The van der Waals surface area contributed by atoms with Gasteiger partial charge in [0.15, 0.2) is 0 Å². The Morgan fingerprint density at radius 3 is 2.25 bits per heavy atom. The lowest BCUT2D eigenvalue weighted by Gasteiger charge is -2.37. The molecule has 16 heavy (non-hydrogen) atoms. The van der Waals surface area contributed by atoms with Crippen molar-refractivity contribution in [1.29, 1.82) is 0 Å². The van der Waals surface area contributed by atoms with E-state index in [-0.39, 0.29) is 6.10 Å². The van der Waals surface area contributed by atoms with Crippen LogP contribution in [-0.2, 0) is 33.5 Å². The first-order chi connectivity index (χ1) is 7.37. The predicted octanol–water partition coefficient (Wildman–Crippen LogP) is 4.42. The van der Waals surface area contributed by atoms with E-state index in [1.165, 1.54) is 6.42 Å². The lowest BCUT2D eigenvalue weighted by Crippen LogP contribution is -2.12. The molecular weight excluding hydrogens is 259 g/mol. The van der Waals surface area contributed by atoms with Crippen molar-refractivity contribution in [3.63, 3.8) is 0 Å². The Morgan fingerprint density at radius 1 is 1.12 bits per heavy atom. The molecule has 0 aliphatic carbocycles. The highest BCUT2D eigenvalue weighted by molar-refractivity contribution is 8.70. The molecule has 2 nitrogen and oxygen atoms in total. The smallest absolute Gasteiger partial charge is 0.0973 e. The lowest BCUT2D eigenvalue weighted by atomic mass is 10.1. The van der Waals surface area contributed by atoms with E-state index in [9.17, 15) is 0 Å². The molecule has 0 bridgehead atoms. The van der Waals surface area contributed by atoms with Crippen LogP contribution in [-0.4, -0.2) is 12.7 Å². The summed E-state index contributed by atoms with van der Waals surface area (Å²) in [6.07, 6.45) is 2.01. The summed E-state index contributed by atoms with van der Waals surface area (Å²) < 4.78 is 11.1. The lowest BCUT2D eigenvalue weighted by molar-refractivity contribution is 0.176. The maximum atomic E-state index is 5.65. The van der Waals surface area contributed by atoms with Crippen LogP contribution in [0.2, 0.25) is 0 Å².